The monoisotopic (exact) mass is 221 g/mol. The number of esters is 1. The van der Waals surface area contributed by atoms with Crippen LogP contribution in [0.3, 0.4) is 0 Å². The summed E-state index contributed by atoms with van der Waals surface area (Å²) < 4.78 is 4.75. The second-order valence-corrected chi connectivity index (χ2v) is 3.99. The lowest BCUT2D eigenvalue weighted by atomic mass is 9.90. The molecule has 0 spiro atoms. The molecule has 0 aliphatic carbocycles. The van der Waals surface area contributed by atoms with E-state index in [0.29, 0.717) is 11.5 Å². The maximum atomic E-state index is 11.6. The Morgan fingerprint density at radius 3 is 2.62 bits per heavy atom. The van der Waals surface area contributed by atoms with Gasteiger partial charge in [-0.3, -0.25) is 0 Å². The molecule has 1 aromatic rings. The zero-order valence-electron chi connectivity index (χ0n) is 10.1. The lowest BCUT2D eigenvalue weighted by Gasteiger charge is -2.20. The average molecular weight is 221 g/mol. The summed E-state index contributed by atoms with van der Waals surface area (Å²) >= 11 is 0. The predicted octanol–water partition coefficient (Wildman–Crippen LogP) is 2.52. The minimum absolute atomic E-state index is 0.125. The molecule has 0 aliphatic heterocycles. The van der Waals surface area contributed by atoms with Gasteiger partial charge in [0.25, 0.3) is 0 Å². The Kier molecular flexibility index (Phi) is 4.50. The number of carbonyl (C=O) groups is 1. The molecule has 3 heteroatoms. The first kappa shape index (κ1) is 12.7. The number of methoxy groups -OCH3 is 1. The average Bonchev–Trinajstić information content (AvgIpc) is 2.35. The lowest BCUT2D eigenvalue weighted by molar-refractivity contribution is 0.0598. The molecule has 0 heterocycles. The molecule has 88 valence electrons. The molecule has 0 saturated carbocycles. The van der Waals surface area contributed by atoms with Crippen molar-refractivity contribution in [1.29, 1.82) is 0 Å². The van der Waals surface area contributed by atoms with Crippen LogP contribution in [0.5, 0.6) is 0 Å². The quantitative estimate of drug-likeness (QED) is 0.795. The van der Waals surface area contributed by atoms with Crippen LogP contribution in [-0.4, -0.2) is 13.1 Å². The molecule has 1 unspecified atom stereocenters. The molecular formula is C13H19NO2. The van der Waals surface area contributed by atoms with Gasteiger partial charge < -0.3 is 10.5 Å². The van der Waals surface area contributed by atoms with Crippen molar-refractivity contribution in [3.05, 3.63) is 35.4 Å². The highest BCUT2D eigenvalue weighted by molar-refractivity contribution is 5.91. The van der Waals surface area contributed by atoms with Gasteiger partial charge in [0.2, 0.25) is 0 Å². The highest BCUT2D eigenvalue weighted by atomic mass is 16.5. The summed E-state index contributed by atoms with van der Waals surface area (Å²) in [6.45, 7) is 4.17. The molecule has 16 heavy (non-hydrogen) atoms. The Labute approximate surface area is 96.6 Å². The van der Waals surface area contributed by atoms with E-state index in [1.165, 1.54) is 7.11 Å². The zero-order valence-corrected chi connectivity index (χ0v) is 10.1. The maximum Gasteiger partial charge on any atom is 0.338 e. The van der Waals surface area contributed by atoms with E-state index in [0.717, 1.165) is 12.0 Å². The summed E-state index contributed by atoms with van der Waals surface area (Å²) in [4.78, 5) is 11.6. The van der Waals surface area contributed by atoms with Crippen LogP contribution in [0.2, 0.25) is 0 Å². The highest BCUT2D eigenvalue weighted by Gasteiger charge is 2.19. The molecule has 0 amide bonds. The van der Waals surface area contributed by atoms with E-state index in [1.807, 2.05) is 18.2 Å². The summed E-state index contributed by atoms with van der Waals surface area (Å²) in [6, 6.07) is 7.23. The highest BCUT2D eigenvalue weighted by Crippen LogP contribution is 2.25. The second-order valence-electron chi connectivity index (χ2n) is 3.99. The van der Waals surface area contributed by atoms with Crippen molar-refractivity contribution < 1.29 is 9.53 Å². The molecule has 3 nitrogen and oxygen atoms in total. The number of hydrogen-bond acceptors (Lipinski definition) is 3. The smallest absolute Gasteiger partial charge is 0.338 e. The first-order chi connectivity index (χ1) is 7.61. The summed E-state index contributed by atoms with van der Waals surface area (Å²) in [5, 5.41) is 0. The fourth-order valence-corrected chi connectivity index (χ4v) is 1.64. The Morgan fingerprint density at radius 2 is 2.06 bits per heavy atom. The number of hydrogen-bond donors (Lipinski definition) is 1. The first-order valence-corrected chi connectivity index (χ1v) is 5.54. The van der Waals surface area contributed by atoms with Crippen molar-refractivity contribution in [2.24, 2.45) is 11.7 Å². The second kappa shape index (κ2) is 5.66. The Morgan fingerprint density at radius 1 is 1.44 bits per heavy atom. The molecule has 0 saturated heterocycles. The minimum Gasteiger partial charge on any atom is -0.465 e. The van der Waals surface area contributed by atoms with Crippen LogP contribution in [-0.2, 0) is 4.74 Å². The fraction of sp³-hybridized carbons (Fsp3) is 0.462. The van der Waals surface area contributed by atoms with Gasteiger partial charge in [-0.1, -0.05) is 38.5 Å². The van der Waals surface area contributed by atoms with E-state index < -0.39 is 0 Å². The summed E-state index contributed by atoms with van der Waals surface area (Å²) in [6.07, 6.45) is 0.983. The van der Waals surface area contributed by atoms with E-state index in [9.17, 15) is 4.79 Å². The number of benzene rings is 1. The van der Waals surface area contributed by atoms with Crippen LogP contribution >= 0.6 is 0 Å². The number of nitrogens with two attached hydrogens (primary N) is 1. The molecule has 2 N–H and O–H groups in total. The molecular weight excluding hydrogens is 202 g/mol. The summed E-state index contributed by atoms with van der Waals surface area (Å²) in [7, 11) is 1.38. The third-order valence-electron chi connectivity index (χ3n) is 2.98. The third-order valence-corrected chi connectivity index (χ3v) is 2.98. The molecule has 1 rings (SSSR count). The van der Waals surface area contributed by atoms with Crippen molar-refractivity contribution in [1.82, 2.24) is 0 Å². The van der Waals surface area contributed by atoms with Crippen LogP contribution in [0.1, 0.15) is 42.2 Å². The van der Waals surface area contributed by atoms with Crippen LogP contribution in [0.4, 0.5) is 0 Å². The van der Waals surface area contributed by atoms with Gasteiger partial charge in [0, 0.05) is 6.04 Å². The standard InChI is InChI=1S/C13H19NO2/c1-4-9(2)12(14)10-7-5-6-8-11(10)13(15)16-3/h5-9,12H,4,14H2,1-3H3/t9?,12-/m0/s1. The molecule has 0 radical (unpaired) electrons. The maximum absolute atomic E-state index is 11.6. The molecule has 0 aromatic heterocycles. The largest absolute Gasteiger partial charge is 0.465 e. The van der Waals surface area contributed by atoms with Crippen LogP contribution < -0.4 is 5.73 Å². The third kappa shape index (κ3) is 2.61. The molecule has 2 atom stereocenters. The van der Waals surface area contributed by atoms with Crippen molar-refractivity contribution in [2.75, 3.05) is 7.11 Å². The number of ether oxygens (including phenoxy) is 1. The van der Waals surface area contributed by atoms with E-state index in [2.05, 4.69) is 13.8 Å². The number of carbonyl (C=O) groups excluding carboxylic acids is 1. The van der Waals surface area contributed by atoms with E-state index in [4.69, 9.17) is 10.5 Å². The van der Waals surface area contributed by atoms with Crippen LogP contribution in [0.15, 0.2) is 24.3 Å². The van der Waals surface area contributed by atoms with Crippen molar-refractivity contribution in [2.45, 2.75) is 26.3 Å². The van der Waals surface area contributed by atoms with Crippen LogP contribution in [0, 0.1) is 5.92 Å². The summed E-state index contributed by atoms with van der Waals surface area (Å²) in [5.41, 5.74) is 7.57. The predicted molar refractivity (Wildman–Crippen MR) is 64.2 cm³/mol. The first-order valence-electron chi connectivity index (χ1n) is 5.54. The van der Waals surface area contributed by atoms with E-state index in [1.54, 1.807) is 6.07 Å². The van der Waals surface area contributed by atoms with E-state index in [-0.39, 0.29) is 12.0 Å². The number of rotatable bonds is 4. The minimum atomic E-state index is -0.325. The van der Waals surface area contributed by atoms with Gasteiger partial charge in [-0.05, 0) is 17.5 Å². The lowest BCUT2D eigenvalue weighted by Crippen LogP contribution is -2.21. The van der Waals surface area contributed by atoms with Crippen molar-refractivity contribution in [3.63, 3.8) is 0 Å². The fourth-order valence-electron chi connectivity index (χ4n) is 1.64. The normalized spacial score (nSPS) is 14.2. The Hall–Kier alpha value is -1.35. The van der Waals surface area contributed by atoms with Gasteiger partial charge in [-0.15, -0.1) is 0 Å². The topological polar surface area (TPSA) is 52.3 Å². The van der Waals surface area contributed by atoms with Gasteiger partial charge in [0.05, 0.1) is 12.7 Å². The van der Waals surface area contributed by atoms with Gasteiger partial charge in [0.1, 0.15) is 0 Å². The molecule has 1 aromatic carbocycles. The molecule has 0 fully saturated rings. The van der Waals surface area contributed by atoms with Gasteiger partial charge in [-0.25, -0.2) is 4.79 Å². The molecule has 0 aliphatic rings. The SMILES string of the molecule is CCC(C)[C@H](N)c1ccccc1C(=O)OC. The van der Waals surface area contributed by atoms with Gasteiger partial charge >= 0.3 is 5.97 Å². The Balaban J connectivity index is 3.08. The van der Waals surface area contributed by atoms with Crippen molar-refractivity contribution in [3.8, 4) is 0 Å². The Bertz CT molecular complexity index is 363. The zero-order chi connectivity index (χ0) is 12.1. The van der Waals surface area contributed by atoms with Crippen molar-refractivity contribution >= 4 is 5.97 Å². The van der Waals surface area contributed by atoms with Crippen LogP contribution in [0.25, 0.3) is 0 Å². The summed E-state index contributed by atoms with van der Waals surface area (Å²) in [5.74, 6) is 0.0140. The van der Waals surface area contributed by atoms with E-state index >= 15 is 0 Å². The van der Waals surface area contributed by atoms with Gasteiger partial charge in [0.15, 0.2) is 0 Å². The molecule has 0 bridgehead atoms. The van der Waals surface area contributed by atoms with Gasteiger partial charge in [-0.2, -0.15) is 0 Å².